The number of allylic oxidation sites excluding steroid dienone is 1. The number of aromatic hydroxyl groups is 1. The number of rotatable bonds is 9. The van der Waals surface area contributed by atoms with Crippen molar-refractivity contribution >= 4 is 17.4 Å². The molecule has 0 aliphatic rings. The number of hydrogen-bond donors (Lipinski definition) is 3. The normalized spacial score (nSPS) is 15.6. The minimum atomic E-state index is -0.723. The summed E-state index contributed by atoms with van der Waals surface area (Å²) in [5.74, 6) is -0.132. The van der Waals surface area contributed by atoms with E-state index in [9.17, 15) is 15.3 Å². The van der Waals surface area contributed by atoms with E-state index in [-0.39, 0.29) is 11.7 Å². The van der Waals surface area contributed by atoms with Crippen molar-refractivity contribution in [2.75, 3.05) is 0 Å². The molecule has 0 spiro atoms. The molecule has 2 rings (SSSR count). The van der Waals surface area contributed by atoms with E-state index in [1.54, 1.807) is 18.2 Å². The van der Waals surface area contributed by atoms with Crippen LogP contribution in [-0.4, -0.2) is 21.4 Å². The number of phenolic OH excluding ortho intramolecular Hbond substituents is 1. The van der Waals surface area contributed by atoms with E-state index < -0.39 is 12.2 Å². The fourth-order valence-corrected chi connectivity index (χ4v) is 3.60. The maximum absolute atomic E-state index is 10.5. The van der Waals surface area contributed by atoms with Gasteiger partial charge in [-0.25, -0.2) is 0 Å². The summed E-state index contributed by atoms with van der Waals surface area (Å²) in [6.07, 6.45) is 4.56. The van der Waals surface area contributed by atoms with Gasteiger partial charge >= 0.3 is 0 Å². The van der Waals surface area contributed by atoms with E-state index >= 15 is 0 Å². The topological polar surface area (TPSA) is 60.7 Å². The molecule has 134 valence electrons. The summed E-state index contributed by atoms with van der Waals surface area (Å²) < 4.78 is 0. The van der Waals surface area contributed by atoms with Gasteiger partial charge in [-0.2, -0.15) is 0 Å². The van der Waals surface area contributed by atoms with Gasteiger partial charge in [0.1, 0.15) is 5.75 Å². The van der Waals surface area contributed by atoms with Gasteiger partial charge in [0.05, 0.1) is 12.2 Å². The van der Waals surface area contributed by atoms with Crippen LogP contribution in [0.15, 0.2) is 60.0 Å². The van der Waals surface area contributed by atoms with E-state index in [1.165, 1.54) is 16.9 Å². The van der Waals surface area contributed by atoms with Crippen LogP contribution in [0, 0.1) is 5.92 Å². The highest BCUT2D eigenvalue weighted by Gasteiger charge is 2.26. The molecule has 0 aliphatic heterocycles. The Labute approximate surface area is 153 Å². The lowest BCUT2D eigenvalue weighted by Gasteiger charge is -2.24. The van der Waals surface area contributed by atoms with Crippen LogP contribution in [-0.2, 0) is 0 Å². The summed E-state index contributed by atoms with van der Waals surface area (Å²) in [5.41, 5.74) is 2.25. The van der Waals surface area contributed by atoms with E-state index in [1.807, 2.05) is 29.6 Å². The fourth-order valence-electron chi connectivity index (χ4n) is 2.83. The first-order valence-electron chi connectivity index (χ1n) is 8.55. The van der Waals surface area contributed by atoms with Gasteiger partial charge in [0.2, 0.25) is 0 Å². The first-order chi connectivity index (χ1) is 12.0. The predicted molar refractivity (Wildman–Crippen MR) is 105 cm³/mol. The third-order valence-electron chi connectivity index (χ3n) is 4.39. The van der Waals surface area contributed by atoms with Gasteiger partial charge in [0.15, 0.2) is 0 Å². The fraction of sp³-hybridized carbons (Fsp3) is 0.333. The predicted octanol–water partition coefficient (Wildman–Crippen LogP) is 4.92. The highest BCUT2D eigenvalue weighted by Crippen LogP contribution is 2.31. The minimum absolute atomic E-state index is 0.252. The van der Waals surface area contributed by atoms with Gasteiger partial charge in [-0.1, -0.05) is 42.8 Å². The second-order valence-corrected chi connectivity index (χ2v) is 7.11. The van der Waals surface area contributed by atoms with Crippen molar-refractivity contribution in [3.8, 4) is 5.75 Å². The van der Waals surface area contributed by atoms with Crippen LogP contribution in [0.3, 0.4) is 0 Å². The molecular formula is C21H26O3S. The molecule has 0 fully saturated rings. The molecule has 25 heavy (non-hydrogen) atoms. The van der Waals surface area contributed by atoms with Crippen LogP contribution >= 0.6 is 11.3 Å². The molecule has 3 atom stereocenters. The third kappa shape index (κ3) is 5.56. The SMILES string of the molecule is C=C[C@H]([C@H](O)CC/C(=C/c1ccc(O)cc1)CC)[C@H](O)c1cccs1. The quantitative estimate of drug-likeness (QED) is 0.557. The monoisotopic (exact) mass is 358 g/mol. The smallest absolute Gasteiger partial charge is 0.115 e. The molecule has 3 nitrogen and oxygen atoms in total. The summed E-state index contributed by atoms with van der Waals surface area (Å²) in [6, 6.07) is 10.8. The van der Waals surface area contributed by atoms with Crippen LogP contribution < -0.4 is 0 Å². The lowest BCUT2D eigenvalue weighted by Crippen LogP contribution is -2.24. The Hall–Kier alpha value is -1.88. The average Bonchev–Trinajstić information content (AvgIpc) is 3.15. The second-order valence-electron chi connectivity index (χ2n) is 6.13. The lowest BCUT2D eigenvalue weighted by molar-refractivity contribution is 0.0336. The Morgan fingerprint density at radius 2 is 1.92 bits per heavy atom. The Balaban J connectivity index is 1.99. The Morgan fingerprint density at radius 3 is 2.48 bits per heavy atom. The van der Waals surface area contributed by atoms with Gasteiger partial charge < -0.3 is 15.3 Å². The largest absolute Gasteiger partial charge is 0.508 e. The molecule has 1 aromatic heterocycles. The number of hydrogen-bond acceptors (Lipinski definition) is 4. The van der Waals surface area contributed by atoms with E-state index in [0.717, 1.165) is 23.3 Å². The average molecular weight is 359 g/mol. The van der Waals surface area contributed by atoms with Gasteiger partial charge in [0.25, 0.3) is 0 Å². The van der Waals surface area contributed by atoms with Crippen molar-refractivity contribution in [1.82, 2.24) is 0 Å². The molecule has 0 amide bonds. The number of benzene rings is 1. The van der Waals surface area contributed by atoms with Crippen LogP contribution in [0.1, 0.15) is 42.7 Å². The number of thiophene rings is 1. The maximum atomic E-state index is 10.5. The van der Waals surface area contributed by atoms with Crippen molar-refractivity contribution < 1.29 is 15.3 Å². The molecular weight excluding hydrogens is 332 g/mol. The first-order valence-corrected chi connectivity index (χ1v) is 9.43. The summed E-state index contributed by atoms with van der Waals surface area (Å²) in [7, 11) is 0. The zero-order chi connectivity index (χ0) is 18.2. The van der Waals surface area contributed by atoms with Gasteiger partial charge in [-0.3, -0.25) is 0 Å². The van der Waals surface area contributed by atoms with Crippen LogP contribution in [0.5, 0.6) is 5.75 Å². The molecule has 0 saturated carbocycles. The summed E-state index contributed by atoms with van der Waals surface area (Å²) in [4.78, 5) is 0.847. The van der Waals surface area contributed by atoms with E-state index in [2.05, 4.69) is 19.6 Å². The Kier molecular flexibility index (Phi) is 7.44. The maximum Gasteiger partial charge on any atom is 0.115 e. The number of phenols is 1. The van der Waals surface area contributed by atoms with Gasteiger partial charge in [-0.05, 0) is 48.4 Å². The molecule has 0 radical (unpaired) electrons. The number of aliphatic hydroxyl groups is 2. The van der Waals surface area contributed by atoms with Gasteiger partial charge in [0, 0.05) is 10.8 Å². The third-order valence-corrected chi connectivity index (χ3v) is 5.34. The minimum Gasteiger partial charge on any atom is -0.508 e. The summed E-state index contributed by atoms with van der Waals surface area (Å²) >= 11 is 1.48. The standard InChI is InChI=1S/C21H26O3S/c1-3-15(14-16-7-10-17(22)11-8-16)9-12-19(23)18(4-2)21(24)20-6-5-13-25-20/h4-8,10-11,13-14,18-19,21-24H,2-3,9,12H2,1H3/b15-14+/t18-,19-,21+/m1/s1. The van der Waals surface area contributed by atoms with Crippen molar-refractivity contribution in [3.05, 3.63) is 70.4 Å². The molecule has 0 bridgehead atoms. The van der Waals surface area contributed by atoms with E-state index in [0.29, 0.717) is 6.42 Å². The van der Waals surface area contributed by atoms with Crippen LogP contribution in [0.25, 0.3) is 6.08 Å². The lowest BCUT2D eigenvalue weighted by atomic mass is 9.90. The van der Waals surface area contributed by atoms with Crippen molar-refractivity contribution in [3.63, 3.8) is 0 Å². The molecule has 0 saturated heterocycles. The Bertz CT molecular complexity index is 674. The molecule has 1 heterocycles. The summed E-state index contributed by atoms with van der Waals surface area (Å²) in [5, 5.41) is 32.3. The van der Waals surface area contributed by atoms with Gasteiger partial charge in [-0.15, -0.1) is 17.9 Å². The highest BCUT2D eigenvalue weighted by atomic mass is 32.1. The molecule has 1 aromatic carbocycles. The zero-order valence-electron chi connectivity index (χ0n) is 14.5. The van der Waals surface area contributed by atoms with Crippen LogP contribution in [0.2, 0.25) is 0 Å². The summed E-state index contributed by atoms with van der Waals surface area (Å²) in [6.45, 7) is 5.87. The second kappa shape index (κ2) is 9.56. The molecule has 0 unspecified atom stereocenters. The van der Waals surface area contributed by atoms with Crippen LogP contribution in [0.4, 0.5) is 0 Å². The first kappa shape index (κ1) is 19.4. The van der Waals surface area contributed by atoms with Crippen molar-refractivity contribution in [2.45, 2.75) is 38.4 Å². The molecule has 3 N–H and O–H groups in total. The Morgan fingerprint density at radius 1 is 1.20 bits per heavy atom. The highest BCUT2D eigenvalue weighted by molar-refractivity contribution is 7.10. The van der Waals surface area contributed by atoms with Crippen molar-refractivity contribution in [2.24, 2.45) is 5.92 Å². The zero-order valence-corrected chi connectivity index (χ0v) is 15.3. The number of aliphatic hydroxyl groups excluding tert-OH is 2. The van der Waals surface area contributed by atoms with E-state index in [4.69, 9.17) is 0 Å². The molecule has 4 heteroatoms. The van der Waals surface area contributed by atoms with Crippen molar-refractivity contribution in [1.29, 1.82) is 0 Å². The molecule has 2 aromatic rings. The molecule has 0 aliphatic carbocycles.